The van der Waals surface area contributed by atoms with Gasteiger partial charge in [-0.05, 0) is 35.1 Å². The molecule has 4 N–H and O–H groups in total. The molecule has 4 rings (SSSR count). The Morgan fingerprint density at radius 3 is 2.50 bits per heavy atom. The summed E-state index contributed by atoms with van der Waals surface area (Å²) in [6.07, 6.45) is 0.754. The van der Waals surface area contributed by atoms with Crippen molar-refractivity contribution in [1.29, 1.82) is 0 Å². The number of aliphatic hydroxyl groups excluding tert-OH is 1. The number of aliphatic hydroxyl groups is 1. The van der Waals surface area contributed by atoms with Crippen molar-refractivity contribution in [3.8, 4) is 10.4 Å². The smallest absolute Gasteiger partial charge is 0.267 e. The van der Waals surface area contributed by atoms with Gasteiger partial charge in [0.15, 0.2) is 0 Å². The van der Waals surface area contributed by atoms with Gasteiger partial charge in [0.05, 0.1) is 28.1 Å². The van der Waals surface area contributed by atoms with E-state index >= 15 is 0 Å². The lowest BCUT2D eigenvalue weighted by molar-refractivity contribution is -0.141. The zero-order valence-corrected chi connectivity index (χ0v) is 22.8. The summed E-state index contributed by atoms with van der Waals surface area (Å²) in [5.41, 5.74) is 10.1. The summed E-state index contributed by atoms with van der Waals surface area (Å²) in [6, 6.07) is 10.4. The van der Waals surface area contributed by atoms with Crippen LogP contribution in [0.15, 0.2) is 48.1 Å². The van der Waals surface area contributed by atoms with Gasteiger partial charge in [0.2, 0.25) is 11.8 Å². The Balaban J connectivity index is 1.51. The molecule has 9 nitrogen and oxygen atoms in total. The molecule has 1 aliphatic heterocycles. The van der Waals surface area contributed by atoms with Crippen LogP contribution in [0.1, 0.15) is 60.4 Å². The largest absolute Gasteiger partial charge is 0.391 e. The van der Waals surface area contributed by atoms with Gasteiger partial charge in [-0.2, -0.15) is 0 Å². The first kappa shape index (κ1) is 27.4. The van der Waals surface area contributed by atoms with Crippen LogP contribution < -0.4 is 11.1 Å². The number of nitrogens with two attached hydrogens (primary N) is 1. The van der Waals surface area contributed by atoms with Crippen LogP contribution in [0.2, 0.25) is 0 Å². The van der Waals surface area contributed by atoms with Crippen molar-refractivity contribution in [2.24, 2.45) is 11.1 Å². The Labute approximate surface area is 226 Å². The molecule has 2 aromatic heterocycles. The van der Waals surface area contributed by atoms with E-state index in [1.807, 2.05) is 57.5 Å². The fraction of sp³-hybridized carbons (Fsp3) is 0.393. The molecule has 1 aromatic carbocycles. The lowest BCUT2D eigenvalue weighted by Gasteiger charge is -2.35. The van der Waals surface area contributed by atoms with E-state index in [-0.39, 0.29) is 37.0 Å². The number of amides is 3. The SMILES string of the molecule is Cc1ncsc1-c1ccc(CNC(=O)[C@@H]2C[C@@H](O)CN2C(=O)[C@H](c2cccnc2C(N)=O)C(C)(C)C)cc1. The highest BCUT2D eigenvalue weighted by molar-refractivity contribution is 7.13. The summed E-state index contributed by atoms with van der Waals surface area (Å²) in [7, 11) is 0. The van der Waals surface area contributed by atoms with Crippen LogP contribution in [-0.4, -0.2) is 56.4 Å². The Bertz CT molecular complexity index is 1330. The standard InChI is InChI=1S/C28H33N5O4S/c1-16-24(38-15-32-16)18-9-7-17(8-10-18)13-31-26(36)21-12-19(34)14-33(21)27(37)22(28(2,3)4)20-6-5-11-30-23(20)25(29)35/h5-11,15,19,21-22,34H,12-14H2,1-4H3,(H2,29,35)(H,31,36)/t19-,21+,22+/m1/s1. The fourth-order valence-corrected chi connectivity index (χ4v) is 5.77. The van der Waals surface area contributed by atoms with E-state index in [1.165, 1.54) is 11.1 Å². The molecular weight excluding hydrogens is 502 g/mol. The Morgan fingerprint density at radius 2 is 1.89 bits per heavy atom. The van der Waals surface area contributed by atoms with Crippen molar-refractivity contribution < 1.29 is 19.5 Å². The highest BCUT2D eigenvalue weighted by Gasteiger charge is 2.45. The van der Waals surface area contributed by atoms with Gasteiger partial charge in [-0.15, -0.1) is 11.3 Å². The molecule has 0 bridgehead atoms. The maximum atomic E-state index is 13.9. The second kappa shape index (κ2) is 11.0. The molecule has 0 aliphatic carbocycles. The number of likely N-dealkylation sites (tertiary alicyclic amines) is 1. The number of aromatic nitrogens is 2. The van der Waals surface area contributed by atoms with Crippen LogP contribution in [0.25, 0.3) is 10.4 Å². The molecule has 200 valence electrons. The number of nitrogens with zero attached hydrogens (tertiary/aromatic N) is 3. The summed E-state index contributed by atoms with van der Waals surface area (Å²) in [5, 5.41) is 13.3. The first-order valence-corrected chi connectivity index (χ1v) is 13.4. The molecular formula is C28H33N5O4S. The van der Waals surface area contributed by atoms with Crippen LogP contribution in [0.4, 0.5) is 0 Å². The number of hydrogen-bond donors (Lipinski definition) is 3. The molecule has 3 amide bonds. The predicted octanol–water partition coefficient (Wildman–Crippen LogP) is 3.02. The maximum absolute atomic E-state index is 13.9. The molecule has 3 atom stereocenters. The molecule has 0 unspecified atom stereocenters. The lowest BCUT2D eigenvalue weighted by Crippen LogP contribution is -2.49. The molecule has 3 aromatic rings. The van der Waals surface area contributed by atoms with Crippen LogP contribution in [-0.2, 0) is 16.1 Å². The van der Waals surface area contributed by atoms with E-state index in [0.29, 0.717) is 5.56 Å². The first-order valence-electron chi connectivity index (χ1n) is 12.5. The third-order valence-electron chi connectivity index (χ3n) is 6.79. The number of hydrogen-bond acceptors (Lipinski definition) is 7. The van der Waals surface area contributed by atoms with Crippen LogP contribution in [0, 0.1) is 12.3 Å². The molecule has 10 heteroatoms. The minimum Gasteiger partial charge on any atom is -0.391 e. The van der Waals surface area contributed by atoms with E-state index in [0.717, 1.165) is 21.7 Å². The van der Waals surface area contributed by atoms with E-state index < -0.39 is 29.4 Å². The maximum Gasteiger partial charge on any atom is 0.267 e. The van der Waals surface area contributed by atoms with Crippen molar-refractivity contribution in [3.05, 3.63) is 70.6 Å². The number of carbonyl (C=O) groups excluding carboxylic acids is 3. The summed E-state index contributed by atoms with van der Waals surface area (Å²) in [4.78, 5) is 50.2. The van der Waals surface area contributed by atoms with Crippen LogP contribution in [0.3, 0.4) is 0 Å². The predicted molar refractivity (Wildman–Crippen MR) is 145 cm³/mol. The molecule has 3 heterocycles. The average molecular weight is 536 g/mol. The molecule has 1 aliphatic rings. The quantitative estimate of drug-likeness (QED) is 0.425. The highest BCUT2D eigenvalue weighted by Crippen LogP contribution is 2.39. The number of thiazole rings is 1. The summed E-state index contributed by atoms with van der Waals surface area (Å²) >= 11 is 1.58. The van der Waals surface area contributed by atoms with E-state index in [1.54, 1.807) is 23.5 Å². The monoisotopic (exact) mass is 535 g/mol. The fourth-order valence-electron chi connectivity index (χ4n) is 4.96. The van der Waals surface area contributed by atoms with Crippen molar-refractivity contribution in [1.82, 2.24) is 20.2 Å². The summed E-state index contributed by atoms with van der Waals surface area (Å²) in [6.45, 7) is 7.92. The Morgan fingerprint density at radius 1 is 1.18 bits per heavy atom. The Hall–Kier alpha value is -3.63. The molecule has 38 heavy (non-hydrogen) atoms. The highest BCUT2D eigenvalue weighted by atomic mass is 32.1. The average Bonchev–Trinajstić information content (AvgIpc) is 3.47. The van der Waals surface area contributed by atoms with Gasteiger partial charge in [0.1, 0.15) is 11.7 Å². The van der Waals surface area contributed by atoms with Gasteiger partial charge in [-0.1, -0.05) is 51.1 Å². The van der Waals surface area contributed by atoms with Crippen molar-refractivity contribution in [2.75, 3.05) is 6.54 Å². The second-order valence-electron chi connectivity index (χ2n) is 10.7. The number of aryl methyl sites for hydroxylation is 1. The van der Waals surface area contributed by atoms with Gasteiger partial charge < -0.3 is 21.1 Å². The van der Waals surface area contributed by atoms with Crippen LogP contribution >= 0.6 is 11.3 Å². The van der Waals surface area contributed by atoms with Crippen molar-refractivity contribution >= 4 is 29.1 Å². The summed E-state index contributed by atoms with van der Waals surface area (Å²) < 4.78 is 0. The van der Waals surface area contributed by atoms with E-state index in [2.05, 4.69) is 15.3 Å². The Kier molecular flexibility index (Phi) is 7.94. The number of β-amino-alcohol motifs (C(OH)–C–C–N with tert-alkyl or cyclic N) is 1. The van der Waals surface area contributed by atoms with Gasteiger partial charge in [-0.25, -0.2) is 4.98 Å². The number of primary amides is 1. The minimum atomic E-state index is -0.838. The molecule has 0 spiro atoms. The van der Waals surface area contributed by atoms with Crippen molar-refractivity contribution in [2.45, 2.75) is 58.7 Å². The zero-order valence-electron chi connectivity index (χ0n) is 22.0. The van der Waals surface area contributed by atoms with Gasteiger partial charge in [0, 0.05) is 25.7 Å². The summed E-state index contributed by atoms with van der Waals surface area (Å²) in [5.74, 6) is -2.21. The van der Waals surface area contributed by atoms with E-state index in [4.69, 9.17) is 5.73 Å². The van der Waals surface area contributed by atoms with Gasteiger partial charge >= 0.3 is 0 Å². The second-order valence-corrected chi connectivity index (χ2v) is 11.5. The molecule has 1 fully saturated rings. The molecule has 1 saturated heterocycles. The topological polar surface area (TPSA) is 139 Å². The third kappa shape index (κ3) is 5.76. The first-order chi connectivity index (χ1) is 18.0. The van der Waals surface area contributed by atoms with Gasteiger partial charge in [0.25, 0.3) is 5.91 Å². The zero-order chi connectivity index (χ0) is 27.6. The third-order valence-corrected chi connectivity index (χ3v) is 7.77. The van der Waals surface area contributed by atoms with E-state index in [9.17, 15) is 19.5 Å². The number of nitrogens with one attached hydrogen (secondary N) is 1. The normalized spacial score (nSPS) is 18.3. The molecule has 0 saturated carbocycles. The van der Waals surface area contributed by atoms with Crippen LogP contribution in [0.5, 0.6) is 0 Å². The van der Waals surface area contributed by atoms with Gasteiger partial charge in [-0.3, -0.25) is 19.4 Å². The number of carbonyl (C=O) groups is 3. The number of pyridine rings is 1. The number of benzene rings is 1. The van der Waals surface area contributed by atoms with Crippen molar-refractivity contribution in [3.63, 3.8) is 0 Å². The number of rotatable bonds is 7. The minimum absolute atomic E-state index is 0.0264. The molecule has 0 radical (unpaired) electrons. The lowest BCUT2D eigenvalue weighted by atomic mass is 9.74.